The second kappa shape index (κ2) is 45.8. The monoisotopic (exact) mass is 873 g/mol. The molecular formula is C43H88N2O11S2. The molecule has 58 heavy (non-hydrogen) atoms. The second-order valence-electron chi connectivity index (χ2n) is 14.9. The van der Waals surface area contributed by atoms with Crippen LogP contribution in [0.15, 0.2) is 0 Å². The van der Waals surface area contributed by atoms with Gasteiger partial charge in [-0.3, -0.25) is 23.9 Å². The number of hydrogen-bond acceptors (Lipinski definition) is 10. The highest BCUT2D eigenvalue weighted by atomic mass is 32.2. The summed E-state index contributed by atoms with van der Waals surface area (Å²) in [5.41, 5.74) is 0. The number of carbonyl (C=O) groups is 4. The van der Waals surface area contributed by atoms with Crippen LogP contribution in [0, 0.1) is 0 Å². The van der Waals surface area contributed by atoms with Gasteiger partial charge in [0.05, 0.1) is 25.7 Å². The number of carbonyl (C=O) groups excluding carboxylic acids is 3. The van der Waals surface area contributed by atoms with Gasteiger partial charge in [0.2, 0.25) is 26.0 Å². The fourth-order valence-corrected chi connectivity index (χ4v) is 7.52. The molecule has 0 fully saturated rings. The summed E-state index contributed by atoms with van der Waals surface area (Å²) in [7, 11) is -4.59. The van der Waals surface area contributed by atoms with E-state index >= 15 is 0 Å². The number of carboxylic acid groups (broad SMARTS) is 1. The molecule has 0 aliphatic carbocycles. The van der Waals surface area contributed by atoms with Crippen molar-refractivity contribution in [2.24, 2.45) is 5.14 Å². The average molecular weight is 873 g/mol. The van der Waals surface area contributed by atoms with Crippen LogP contribution in [0.2, 0.25) is 0 Å². The third kappa shape index (κ3) is 58.1. The number of esters is 2. The Morgan fingerprint density at radius 3 is 1.05 bits per heavy atom. The number of aliphatic carboxylic acids is 1. The number of primary sulfonamides is 1. The quantitative estimate of drug-likeness (QED) is 0.0394. The molecule has 0 aromatic rings. The molecule has 0 unspecified atom stereocenters. The Morgan fingerprint density at radius 2 is 0.759 bits per heavy atom. The zero-order chi connectivity index (χ0) is 43.5. The standard InChI is InChI=1S/C21H41NO5S.C16H32O2.C5H11NO4S.CH4/c1-3-4-5-6-7-8-9-10-11-12-13-14-15-17-20(23)22-28(25,26)19-16-18-21(24)27-2;1-2-3-4-5-6-7-8-9-10-11-12-13-14-15-16(17)18;1-10-5(7)3-2-4-11(6,8)9;/h3-19H2,1-2H3,(H,22,23);2-15H2,1H3,(H,17,18);2-4H2,1H3,(H2,6,8,9);1H4. The van der Waals surface area contributed by atoms with Crippen molar-refractivity contribution in [3.63, 3.8) is 0 Å². The Bertz CT molecular complexity index is 1180. The van der Waals surface area contributed by atoms with Gasteiger partial charge in [0.15, 0.2) is 0 Å². The highest BCUT2D eigenvalue weighted by Crippen LogP contribution is 2.14. The summed E-state index contributed by atoms with van der Waals surface area (Å²) in [6.45, 7) is 4.50. The van der Waals surface area contributed by atoms with Crippen molar-refractivity contribution < 1.29 is 50.6 Å². The fraction of sp³-hybridized carbons (Fsp3) is 0.907. The lowest BCUT2D eigenvalue weighted by molar-refractivity contribution is -0.141. The molecule has 0 saturated carbocycles. The predicted octanol–water partition coefficient (Wildman–Crippen LogP) is 10.3. The lowest BCUT2D eigenvalue weighted by Crippen LogP contribution is -2.32. The van der Waals surface area contributed by atoms with Gasteiger partial charge in [-0.15, -0.1) is 0 Å². The molecule has 0 aliphatic rings. The summed E-state index contributed by atoms with van der Waals surface area (Å²) in [6.07, 6.45) is 33.9. The summed E-state index contributed by atoms with van der Waals surface area (Å²) in [4.78, 5) is 43.4. The summed E-state index contributed by atoms with van der Waals surface area (Å²) in [6, 6.07) is 0. The van der Waals surface area contributed by atoms with Gasteiger partial charge in [0, 0.05) is 25.7 Å². The Morgan fingerprint density at radius 1 is 0.466 bits per heavy atom. The zero-order valence-corrected chi connectivity index (χ0v) is 38.1. The predicted molar refractivity (Wildman–Crippen MR) is 237 cm³/mol. The van der Waals surface area contributed by atoms with E-state index in [2.05, 4.69) is 33.2 Å². The number of unbranched alkanes of at least 4 members (excludes halogenated alkanes) is 24. The highest BCUT2D eigenvalue weighted by molar-refractivity contribution is 7.90. The molecule has 0 aliphatic heterocycles. The molecule has 0 aromatic carbocycles. The molecule has 4 N–H and O–H groups in total. The number of hydrogen-bond donors (Lipinski definition) is 3. The van der Waals surface area contributed by atoms with E-state index in [0.717, 1.165) is 25.7 Å². The first-order valence-electron chi connectivity index (χ1n) is 22.0. The van der Waals surface area contributed by atoms with Crippen LogP contribution in [-0.4, -0.2) is 71.5 Å². The van der Waals surface area contributed by atoms with Gasteiger partial charge in [-0.25, -0.2) is 22.0 Å². The van der Waals surface area contributed by atoms with Crippen LogP contribution in [-0.2, 0) is 48.7 Å². The molecule has 0 aromatic heterocycles. The topological polar surface area (TPSA) is 213 Å². The maximum absolute atomic E-state index is 11.8. The number of nitrogens with one attached hydrogen (secondary N) is 1. The summed E-state index contributed by atoms with van der Waals surface area (Å²) in [5.74, 6) is -2.41. The van der Waals surface area contributed by atoms with Crippen LogP contribution in [0.4, 0.5) is 0 Å². The van der Waals surface area contributed by atoms with Gasteiger partial charge in [-0.2, -0.15) is 0 Å². The van der Waals surface area contributed by atoms with Gasteiger partial charge >= 0.3 is 17.9 Å². The lowest BCUT2D eigenvalue weighted by Gasteiger charge is -2.07. The van der Waals surface area contributed by atoms with Crippen LogP contribution >= 0.6 is 0 Å². The fourth-order valence-electron chi connectivity index (χ4n) is 5.90. The molecule has 13 nitrogen and oxygen atoms in total. The van der Waals surface area contributed by atoms with Gasteiger partial charge < -0.3 is 14.6 Å². The average Bonchev–Trinajstić information content (AvgIpc) is 3.14. The third-order valence-electron chi connectivity index (χ3n) is 9.33. The lowest BCUT2D eigenvalue weighted by atomic mass is 10.0. The molecule has 0 radical (unpaired) electrons. The van der Waals surface area contributed by atoms with Gasteiger partial charge in [0.25, 0.3) is 0 Å². The van der Waals surface area contributed by atoms with E-state index in [9.17, 15) is 36.0 Å². The third-order valence-corrected chi connectivity index (χ3v) is 11.6. The minimum absolute atomic E-state index is 0. The smallest absolute Gasteiger partial charge is 0.305 e. The molecule has 0 spiro atoms. The molecule has 0 atom stereocenters. The molecule has 0 heterocycles. The number of amides is 1. The largest absolute Gasteiger partial charge is 0.481 e. The van der Waals surface area contributed by atoms with E-state index in [1.165, 1.54) is 149 Å². The Balaban J connectivity index is -0.000000415. The highest BCUT2D eigenvalue weighted by Gasteiger charge is 2.15. The normalized spacial score (nSPS) is 10.9. The molecular weight excluding hydrogens is 785 g/mol. The van der Waals surface area contributed by atoms with Gasteiger partial charge in [0.1, 0.15) is 0 Å². The maximum atomic E-state index is 11.8. The van der Waals surface area contributed by atoms with Crippen molar-refractivity contribution in [1.82, 2.24) is 4.72 Å². The van der Waals surface area contributed by atoms with Crippen molar-refractivity contribution in [3.05, 3.63) is 0 Å². The van der Waals surface area contributed by atoms with Crippen LogP contribution in [0.1, 0.15) is 227 Å². The Labute approximate surface area is 355 Å². The molecule has 0 bridgehead atoms. The van der Waals surface area contributed by atoms with Crippen LogP contribution < -0.4 is 9.86 Å². The SMILES string of the molecule is C.CCCCCCCCCCCCCCCC(=O)NS(=O)(=O)CCCC(=O)OC.CCCCCCCCCCCCCCCC(=O)O.COC(=O)CCCS(N)(=O)=O. The first-order valence-corrected chi connectivity index (χ1v) is 25.4. The van der Waals surface area contributed by atoms with Crippen molar-refractivity contribution in [3.8, 4) is 0 Å². The number of nitrogens with two attached hydrogens (primary N) is 1. The van der Waals surface area contributed by atoms with Crippen molar-refractivity contribution in [1.29, 1.82) is 0 Å². The summed E-state index contributed by atoms with van der Waals surface area (Å²) < 4.78 is 55.0. The zero-order valence-electron chi connectivity index (χ0n) is 36.5. The van der Waals surface area contributed by atoms with Gasteiger partial charge in [-0.1, -0.05) is 175 Å². The first-order chi connectivity index (χ1) is 27.1. The number of methoxy groups -OCH3 is 2. The van der Waals surface area contributed by atoms with E-state index in [0.29, 0.717) is 12.8 Å². The van der Waals surface area contributed by atoms with E-state index in [1.807, 2.05) is 0 Å². The first kappa shape index (κ1) is 62.4. The summed E-state index contributed by atoms with van der Waals surface area (Å²) >= 11 is 0. The minimum atomic E-state index is -3.66. The van der Waals surface area contributed by atoms with Crippen molar-refractivity contribution in [2.75, 3.05) is 25.7 Å². The van der Waals surface area contributed by atoms with E-state index in [4.69, 9.17) is 5.11 Å². The Kier molecular flexibility index (Phi) is 49.3. The van der Waals surface area contributed by atoms with Crippen molar-refractivity contribution in [2.45, 2.75) is 227 Å². The second-order valence-corrected chi connectivity index (χ2v) is 18.5. The molecule has 15 heteroatoms. The number of rotatable bonds is 37. The summed E-state index contributed by atoms with van der Waals surface area (Å²) in [5, 5.41) is 13.2. The molecule has 0 saturated heterocycles. The Hall–Kier alpha value is -2.26. The van der Waals surface area contributed by atoms with Crippen molar-refractivity contribution >= 4 is 43.9 Å². The number of ether oxygens (including phenoxy) is 2. The van der Waals surface area contributed by atoms with Gasteiger partial charge in [-0.05, 0) is 25.7 Å². The van der Waals surface area contributed by atoms with Crippen LogP contribution in [0.3, 0.4) is 0 Å². The maximum Gasteiger partial charge on any atom is 0.305 e. The van der Waals surface area contributed by atoms with E-state index < -0.39 is 43.9 Å². The molecule has 348 valence electrons. The molecule has 1 amide bonds. The van der Waals surface area contributed by atoms with E-state index in [-0.39, 0.29) is 51.0 Å². The van der Waals surface area contributed by atoms with E-state index in [1.54, 1.807) is 0 Å². The minimum Gasteiger partial charge on any atom is -0.481 e. The van der Waals surface area contributed by atoms with Crippen LogP contribution in [0.5, 0.6) is 0 Å². The number of carboxylic acids is 1. The number of sulfonamides is 2. The molecule has 0 rings (SSSR count). The van der Waals surface area contributed by atoms with Crippen LogP contribution in [0.25, 0.3) is 0 Å².